The predicted octanol–water partition coefficient (Wildman–Crippen LogP) is 1.67. The zero-order valence-corrected chi connectivity index (χ0v) is 18.6. The van der Waals surface area contributed by atoms with Gasteiger partial charge in [0.25, 0.3) is 11.8 Å². The van der Waals surface area contributed by atoms with Gasteiger partial charge in [0.2, 0.25) is 10.0 Å². The van der Waals surface area contributed by atoms with Crippen molar-refractivity contribution in [3.63, 3.8) is 0 Å². The highest BCUT2D eigenvalue weighted by Gasteiger charge is 2.27. The number of sulfonamides is 1. The summed E-state index contributed by atoms with van der Waals surface area (Å²) in [6.07, 6.45) is 0. The van der Waals surface area contributed by atoms with Crippen molar-refractivity contribution in [3.05, 3.63) is 59.9 Å². The van der Waals surface area contributed by atoms with E-state index in [-0.39, 0.29) is 36.3 Å². The average Bonchev–Trinajstić information content (AvgIpc) is 2.75. The van der Waals surface area contributed by atoms with Gasteiger partial charge in [0, 0.05) is 13.1 Å². The van der Waals surface area contributed by atoms with Gasteiger partial charge in [-0.2, -0.15) is 4.31 Å². The molecule has 0 aliphatic carbocycles. The highest BCUT2D eigenvalue weighted by Crippen LogP contribution is 2.20. The number of hydrogen-bond donors (Lipinski definition) is 3. The minimum atomic E-state index is -4.00. The van der Waals surface area contributed by atoms with Gasteiger partial charge in [-0.05, 0) is 47.9 Å². The maximum Gasteiger partial charge on any atom is 0.258 e. The molecule has 174 valence electrons. The van der Waals surface area contributed by atoms with Crippen molar-refractivity contribution in [2.24, 2.45) is 5.92 Å². The number of carbonyl (C=O) groups excluding carboxylic acids is 2. The molecule has 2 rings (SSSR count). The largest absolute Gasteiger partial charge is 0.484 e. The molecule has 0 saturated heterocycles. The summed E-state index contributed by atoms with van der Waals surface area (Å²) >= 11 is 0. The molecule has 9 nitrogen and oxygen atoms in total. The van der Waals surface area contributed by atoms with Crippen molar-refractivity contribution in [3.8, 4) is 5.75 Å². The maximum absolute atomic E-state index is 13.2. The highest BCUT2D eigenvalue weighted by atomic mass is 32.2. The molecule has 0 radical (unpaired) electrons. The summed E-state index contributed by atoms with van der Waals surface area (Å²) in [6.45, 7) is 2.99. The fraction of sp³-hybridized carbons (Fsp3) is 0.333. The SMILES string of the molecule is CC(C)CN(CC(=O)NO)S(=O)(=O)c1ccc(OCC(=O)NCc2cccc(F)c2)cc1. The molecule has 0 atom stereocenters. The van der Waals surface area contributed by atoms with Gasteiger partial charge in [-0.15, -0.1) is 0 Å². The van der Waals surface area contributed by atoms with Crippen molar-refractivity contribution >= 4 is 21.8 Å². The van der Waals surface area contributed by atoms with Gasteiger partial charge in [-0.1, -0.05) is 26.0 Å². The topological polar surface area (TPSA) is 125 Å². The van der Waals surface area contributed by atoms with Crippen LogP contribution >= 0.6 is 0 Å². The Balaban J connectivity index is 1.97. The smallest absolute Gasteiger partial charge is 0.258 e. The van der Waals surface area contributed by atoms with Gasteiger partial charge in [0.15, 0.2) is 6.61 Å². The number of rotatable bonds is 11. The van der Waals surface area contributed by atoms with Crippen LogP contribution in [0.5, 0.6) is 5.75 Å². The Kier molecular flexibility index (Phi) is 9.12. The summed E-state index contributed by atoms with van der Waals surface area (Å²) in [4.78, 5) is 23.4. The van der Waals surface area contributed by atoms with E-state index in [1.165, 1.54) is 41.9 Å². The molecule has 0 saturated carbocycles. The van der Waals surface area contributed by atoms with Gasteiger partial charge >= 0.3 is 0 Å². The second-order valence-electron chi connectivity index (χ2n) is 7.39. The summed E-state index contributed by atoms with van der Waals surface area (Å²) in [5.41, 5.74) is 2.04. The Bertz CT molecular complexity index is 1030. The van der Waals surface area contributed by atoms with Crippen LogP contribution in [-0.2, 0) is 26.2 Å². The number of carbonyl (C=O) groups is 2. The van der Waals surface area contributed by atoms with Crippen molar-refractivity contribution in [2.45, 2.75) is 25.3 Å². The van der Waals surface area contributed by atoms with E-state index in [4.69, 9.17) is 9.94 Å². The van der Waals surface area contributed by atoms with Crippen LogP contribution in [-0.4, -0.2) is 49.4 Å². The molecule has 2 aromatic carbocycles. The van der Waals surface area contributed by atoms with Gasteiger partial charge in [0.1, 0.15) is 11.6 Å². The Morgan fingerprint density at radius 1 is 1.12 bits per heavy atom. The average molecular weight is 468 g/mol. The second-order valence-corrected chi connectivity index (χ2v) is 9.33. The van der Waals surface area contributed by atoms with Gasteiger partial charge in [0.05, 0.1) is 11.4 Å². The lowest BCUT2D eigenvalue weighted by molar-refractivity contribution is -0.129. The Morgan fingerprint density at radius 3 is 2.41 bits per heavy atom. The first kappa shape index (κ1) is 25.2. The summed E-state index contributed by atoms with van der Waals surface area (Å²) in [5.74, 6) is -1.45. The number of hydroxylamine groups is 1. The predicted molar refractivity (Wildman–Crippen MR) is 114 cm³/mol. The molecule has 0 bridgehead atoms. The lowest BCUT2D eigenvalue weighted by Crippen LogP contribution is -2.41. The Hall–Kier alpha value is -3.02. The van der Waals surface area contributed by atoms with Crippen LogP contribution in [0.4, 0.5) is 4.39 Å². The zero-order valence-electron chi connectivity index (χ0n) is 17.7. The molecule has 32 heavy (non-hydrogen) atoms. The summed E-state index contributed by atoms with van der Waals surface area (Å²) < 4.78 is 45.2. The van der Waals surface area contributed by atoms with Crippen LogP contribution < -0.4 is 15.5 Å². The Morgan fingerprint density at radius 2 is 1.81 bits per heavy atom. The first-order valence-electron chi connectivity index (χ1n) is 9.79. The number of ether oxygens (including phenoxy) is 1. The number of benzene rings is 2. The second kappa shape index (κ2) is 11.6. The van der Waals surface area contributed by atoms with Crippen LogP contribution in [0.1, 0.15) is 19.4 Å². The van der Waals surface area contributed by atoms with Crippen LogP contribution in [0.3, 0.4) is 0 Å². The van der Waals surface area contributed by atoms with Crippen LogP contribution in [0, 0.1) is 11.7 Å². The number of amides is 2. The van der Waals surface area contributed by atoms with E-state index in [9.17, 15) is 22.4 Å². The number of halogens is 1. The van der Waals surface area contributed by atoms with Crippen LogP contribution in [0.25, 0.3) is 0 Å². The Labute approximate surface area is 186 Å². The molecule has 0 spiro atoms. The highest BCUT2D eigenvalue weighted by molar-refractivity contribution is 7.89. The van der Waals surface area contributed by atoms with E-state index in [0.29, 0.717) is 5.56 Å². The monoisotopic (exact) mass is 467 g/mol. The molecule has 0 aliphatic heterocycles. The first-order valence-corrected chi connectivity index (χ1v) is 11.2. The lowest BCUT2D eigenvalue weighted by atomic mass is 10.2. The zero-order chi connectivity index (χ0) is 23.7. The molecular weight excluding hydrogens is 441 g/mol. The summed E-state index contributed by atoms with van der Waals surface area (Å²) in [7, 11) is -4.00. The standard InChI is InChI=1S/C21H26FN3O6S/c1-15(2)12-25(13-20(26)24-28)32(29,30)19-8-6-18(7-9-19)31-14-21(27)23-11-16-4-3-5-17(22)10-16/h3-10,15,28H,11-14H2,1-2H3,(H,23,27)(H,24,26). The normalized spacial score (nSPS) is 11.4. The minimum absolute atomic E-state index is 0.0511. The molecular formula is C21H26FN3O6S. The molecule has 0 fully saturated rings. The van der Waals surface area contributed by atoms with E-state index in [2.05, 4.69) is 5.32 Å². The van der Waals surface area contributed by atoms with E-state index >= 15 is 0 Å². The fourth-order valence-electron chi connectivity index (χ4n) is 2.75. The van der Waals surface area contributed by atoms with E-state index in [1.807, 2.05) is 0 Å². The number of nitrogens with zero attached hydrogens (tertiary/aromatic N) is 1. The summed E-state index contributed by atoms with van der Waals surface area (Å²) in [5, 5.41) is 11.3. The quantitative estimate of drug-likeness (QED) is 0.341. The number of hydrogen-bond acceptors (Lipinski definition) is 6. The molecule has 3 N–H and O–H groups in total. The van der Waals surface area contributed by atoms with Crippen molar-refractivity contribution < 1.29 is 32.3 Å². The fourth-order valence-corrected chi connectivity index (χ4v) is 4.31. The molecule has 0 aromatic heterocycles. The van der Waals surface area contributed by atoms with Crippen molar-refractivity contribution in [2.75, 3.05) is 19.7 Å². The molecule has 2 aromatic rings. The lowest BCUT2D eigenvalue weighted by Gasteiger charge is -2.23. The molecule has 0 heterocycles. The van der Waals surface area contributed by atoms with Gasteiger partial charge < -0.3 is 10.1 Å². The molecule has 11 heteroatoms. The van der Waals surface area contributed by atoms with Gasteiger partial charge in [-0.3, -0.25) is 14.8 Å². The summed E-state index contributed by atoms with van der Waals surface area (Å²) in [6, 6.07) is 11.2. The third-order valence-corrected chi connectivity index (χ3v) is 6.05. The molecule has 0 aliphatic rings. The number of nitrogens with one attached hydrogen (secondary N) is 2. The van der Waals surface area contributed by atoms with Gasteiger partial charge in [-0.25, -0.2) is 18.3 Å². The minimum Gasteiger partial charge on any atom is -0.484 e. The third kappa shape index (κ3) is 7.59. The van der Waals surface area contributed by atoms with E-state index in [0.717, 1.165) is 4.31 Å². The molecule has 0 unspecified atom stereocenters. The first-order chi connectivity index (χ1) is 15.1. The van der Waals surface area contributed by atoms with Crippen LogP contribution in [0.2, 0.25) is 0 Å². The van der Waals surface area contributed by atoms with Crippen molar-refractivity contribution in [1.29, 1.82) is 0 Å². The van der Waals surface area contributed by atoms with E-state index in [1.54, 1.807) is 26.0 Å². The van der Waals surface area contributed by atoms with Crippen molar-refractivity contribution in [1.82, 2.24) is 15.1 Å². The van der Waals surface area contributed by atoms with Crippen LogP contribution in [0.15, 0.2) is 53.4 Å². The molecule has 2 amide bonds. The van der Waals surface area contributed by atoms with E-state index < -0.39 is 34.2 Å². The maximum atomic E-state index is 13.2. The third-order valence-electron chi connectivity index (χ3n) is 4.22.